The third kappa shape index (κ3) is 4.98. The highest BCUT2D eigenvalue weighted by molar-refractivity contribution is 7.97. The third-order valence-corrected chi connectivity index (χ3v) is 6.06. The second-order valence-corrected chi connectivity index (χ2v) is 7.98. The molecule has 0 radical (unpaired) electrons. The van der Waals surface area contributed by atoms with Gasteiger partial charge in [-0.1, -0.05) is 37.6 Å². The van der Waals surface area contributed by atoms with E-state index in [9.17, 15) is 0 Å². The van der Waals surface area contributed by atoms with Crippen molar-refractivity contribution in [3.05, 3.63) is 64.8 Å². The molecule has 0 unspecified atom stereocenters. The summed E-state index contributed by atoms with van der Waals surface area (Å²) in [5.41, 5.74) is 6.59. The number of allylic oxidation sites excluding steroid dienone is 4. The molecule has 0 saturated heterocycles. The number of hydrogen-bond acceptors (Lipinski definition) is 4. The van der Waals surface area contributed by atoms with Crippen LogP contribution in [0, 0.1) is 0 Å². The summed E-state index contributed by atoms with van der Waals surface area (Å²) in [7, 11) is 1.74. The number of rotatable bonds is 6. The van der Waals surface area contributed by atoms with E-state index in [1.165, 1.54) is 34.2 Å². The second-order valence-electron chi connectivity index (χ2n) is 7.43. The van der Waals surface area contributed by atoms with Gasteiger partial charge in [-0.3, -0.25) is 4.90 Å². The molecule has 150 valence electrons. The molecule has 1 aromatic rings. The van der Waals surface area contributed by atoms with Crippen molar-refractivity contribution in [3.8, 4) is 5.75 Å². The van der Waals surface area contributed by atoms with Gasteiger partial charge in [0.25, 0.3) is 0 Å². The van der Waals surface area contributed by atoms with Gasteiger partial charge in [-0.2, -0.15) is 0 Å². The molecule has 1 heterocycles. The van der Waals surface area contributed by atoms with Crippen LogP contribution < -0.4 is 4.74 Å². The largest absolute Gasteiger partial charge is 0.497 e. The van der Waals surface area contributed by atoms with E-state index in [0.717, 1.165) is 50.2 Å². The lowest BCUT2D eigenvalue weighted by molar-refractivity contribution is 0.247. The Hall–Kier alpha value is -1.78. The zero-order valence-electron chi connectivity index (χ0n) is 17.6. The minimum atomic E-state index is 0.382. The van der Waals surface area contributed by atoms with E-state index in [2.05, 4.69) is 65.6 Å². The van der Waals surface area contributed by atoms with Crippen LogP contribution in [-0.2, 0) is 12.8 Å². The highest BCUT2D eigenvalue weighted by Crippen LogP contribution is 2.26. The molecule has 1 aliphatic heterocycles. The van der Waals surface area contributed by atoms with Crippen molar-refractivity contribution < 1.29 is 4.74 Å². The number of nitrogens with zero attached hydrogens (tertiary/aromatic N) is 2. The molecule has 1 aliphatic carbocycles. The second kappa shape index (κ2) is 10.1. The van der Waals surface area contributed by atoms with Crippen molar-refractivity contribution in [2.45, 2.75) is 45.6 Å². The predicted molar refractivity (Wildman–Crippen MR) is 123 cm³/mol. The summed E-state index contributed by atoms with van der Waals surface area (Å²) in [6, 6.07) is 6.90. The van der Waals surface area contributed by atoms with E-state index in [4.69, 9.17) is 4.74 Å². The first-order valence-corrected chi connectivity index (χ1v) is 11.5. The summed E-state index contributed by atoms with van der Waals surface area (Å²) in [5.74, 6) is 0.961. The molecule has 0 bridgehead atoms. The Morgan fingerprint density at radius 1 is 1.21 bits per heavy atom. The van der Waals surface area contributed by atoms with Crippen LogP contribution in [0.25, 0.3) is 0 Å². The molecule has 0 spiro atoms. The minimum Gasteiger partial charge on any atom is -0.497 e. The van der Waals surface area contributed by atoms with Gasteiger partial charge in [-0.15, -0.1) is 0 Å². The molecular weight excluding hydrogens is 364 g/mol. The molecule has 0 aromatic heterocycles. The number of ether oxygens (including phenoxy) is 1. The average molecular weight is 397 g/mol. The molecule has 3 rings (SSSR count). The number of unbranched alkanes of at least 4 members (excludes halogenated alkanes) is 1. The van der Waals surface area contributed by atoms with Crippen molar-refractivity contribution in [1.29, 1.82) is 0 Å². The van der Waals surface area contributed by atoms with Crippen molar-refractivity contribution in [2.75, 3.05) is 26.5 Å². The number of benzene rings is 1. The highest BCUT2D eigenvalue weighted by atomic mass is 32.2. The van der Waals surface area contributed by atoms with Crippen LogP contribution in [0.1, 0.15) is 37.8 Å². The van der Waals surface area contributed by atoms with Gasteiger partial charge < -0.3 is 4.74 Å². The third-order valence-electron chi connectivity index (χ3n) is 5.68. The molecule has 0 N–H and O–H groups in total. The molecule has 0 fully saturated rings. The van der Waals surface area contributed by atoms with Gasteiger partial charge in [0.2, 0.25) is 0 Å². The normalized spacial score (nSPS) is 21.4. The Bertz CT molecular complexity index is 807. The predicted octanol–water partition coefficient (Wildman–Crippen LogP) is 5.43. The van der Waals surface area contributed by atoms with Crippen molar-refractivity contribution in [3.63, 3.8) is 0 Å². The topological polar surface area (TPSA) is 24.8 Å². The summed E-state index contributed by atoms with van der Waals surface area (Å²) in [5, 5.41) is 0. The number of methoxy groups -OCH3 is 1. The van der Waals surface area contributed by atoms with Gasteiger partial charge in [-0.25, -0.2) is 4.40 Å². The van der Waals surface area contributed by atoms with Crippen molar-refractivity contribution in [1.82, 2.24) is 4.90 Å². The molecule has 1 aromatic carbocycles. The van der Waals surface area contributed by atoms with E-state index in [-0.39, 0.29) is 0 Å². The fourth-order valence-electron chi connectivity index (χ4n) is 3.91. The molecule has 0 amide bonds. The maximum atomic E-state index is 5.41. The van der Waals surface area contributed by atoms with Crippen molar-refractivity contribution in [2.24, 2.45) is 4.40 Å². The lowest BCUT2D eigenvalue weighted by Gasteiger charge is -2.29. The van der Waals surface area contributed by atoms with E-state index in [1.54, 1.807) is 7.11 Å². The monoisotopic (exact) mass is 396 g/mol. The molecular formula is C24H32N2OS. The molecule has 2 aliphatic rings. The highest BCUT2D eigenvalue weighted by Gasteiger charge is 2.22. The van der Waals surface area contributed by atoms with Gasteiger partial charge >= 0.3 is 0 Å². The molecule has 4 heteroatoms. The number of fused-ring (bicyclic) bond motifs is 1. The van der Waals surface area contributed by atoms with Gasteiger partial charge in [-0.05, 0) is 78.6 Å². The average Bonchev–Trinajstić information content (AvgIpc) is 2.94. The lowest BCUT2D eigenvalue weighted by Crippen LogP contribution is -2.36. The fraction of sp³-hybridized carbons (Fsp3) is 0.458. The van der Waals surface area contributed by atoms with E-state index in [0.29, 0.717) is 6.04 Å². The SMILES string of the molecule is CCC/C=C1\C=CC([C@@H](C)N2CCc3ccc(OC)cc3CC2)=C\C1=N\SC. The van der Waals surface area contributed by atoms with Crippen LogP contribution >= 0.6 is 11.9 Å². The first-order valence-electron chi connectivity index (χ1n) is 10.3. The van der Waals surface area contributed by atoms with E-state index >= 15 is 0 Å². The first-order chi connectivity index (χ1) is 13.7. The first kappa shape index (κ1) is 20.9. The smallest absolute Gasteiger partial charge is 0.119 e. The van der Waals surface area contributed by atoms with E-state index in [1.807, 2.05) is 6.26 Å². The van der Waals surface area contributed by atoms with Gasteiger partial charge in [0.1, 0.15) is 5.75 Å². The maximum Gasteiger partial charge on any atom is 0.119 e. The van der Waals surface area contributed by atoms with Gasteiger partial charge in [0, 0.05) is 25.4 Å². The van der Waals surface area contributed by atoms with Crippen LogP contribution in [0.3, 0.4) is 0 Å². The van der Waals surface area contributed by atoms with Crippen LogP contribution in [0.15, 0.2) is 58.0 Å². The molecule has 3 nitrogen and oxygen atoms in total. The van der Waals surface area contributed by atoms with Gasteiger partial charge in [0.15, 0.2) is 0 Å². The van der Waals surface area contributed by atoms with Crippen LogP contribution in [0.2, 0.25) is 0 Å². The van der Waals surface area contributed by atoms with Crippen LogP contribution in [-0.4, -0.2) is 43.1 Å². The van der Waals surface area contributed by atoms with E-state index < -0.39 is 0 Å². The maximum absolute atomic E-state index is 5.41. The Kier molecular flexibility index (Phi) is 7.57. The number of hydrogen-bond donors (Lipinski definition) is 0. The molecule has 28 heavy (non-hydrogen) atoms. The Morgan fingerprint density at radius 3 is 2.71 bits per heavy atom. The van der Waals surface area contributed by atoms with Crippen LogP contribution in [0.4, 0.5) is 0 Å². The zero-order valence-corrected chi connectivity index (χ0v) is 18.4. The van der Waals surface area contributed by atoms with Crippen molar-refractivity contribution >= 4 is 17.7 Å². The summed E-state index contributed by atoms with van der Waals surface area (Å²) in [6.45, 7) is 6.69. The zero-order chi connectivity index (χ0) is 19.9. The fourth-order valence-corrected chi connectivity index (χ4v) is 4.27. The molecule has 0 saturated carbocycles. The minimum absolute atomic E-state index is 0.382. The standard InChI is InChI=1S/C24H32N2OS/c1-5-6-7-20-8-9-21(17-24(20)25-28-4)18(2)26-14-12-19-10-11-23(27-3)16-22(19)13-15-26/h7-11,16-18H,5-6,12-15H2,1-4H3/b20-7+,25-24-/t18-/m1/s1. The van der Waals surface area contributed by atoms with Gasteiger partial charge in [0.05, 0.1) is 12.8 Å². The lowest BCUT2D eigenvalue weighted by atomic mass is 9.94. The summed E-state index contributed by atoms with van der Waals surface area (Å²) in [4.78, 5) is 2.60. The summed E-state index contributed by atoms with van der Waals surface area (Å²) < 4.78 is 10.1. The Morgan fingerprint density at radius 2 is 2.00 bits per heavy atom. The molecule has 1 atom stereocenters. The quantitative estimate of drug-likeness (QED) is 0.600. The Balaban J connectivity index is 1.74. The van der Waals surface area contributed by atoms with Crippen LogP contribution in [0.5, 0.6) is 5.75 Å². The summed E-state index contributed by atoms with van der Waals surface area (Å²) >= 11 is 1.54. The summed E-state index contributed by atoms with van der Waals surface area (Å²) in [6.07, 6.45) is 15.6. The Labute approximate surface area is 174 Å².